The van der Waals surface area contributed by atoms with Gasteiger partial charge in [0, 0.05) is 18.0 Å². The number of hydrogen-bond donors (Lipinski definition) is 1. The summed E-state index contributed by atoms with van der Waals surface area (Å²) >= 11 is 0. The van der Waals surface area contributed by atoms with Gasteiger partial charge in [0.05, 0.1) is 0 Å². The zero-order chi connectivity index (χ0) is 8.10. The summed E-state index contributed by atoms with van der Waals surface area (Å²) in [6, 6.07) is 3.19. The average molecular weight is 156 g/mol. The molecule has 2 N–H and O–H groups in total. The Morgan fingerprint density at radius 1 is 1.64 bits per heavy atom. The lowest BCUT2D eigenvalue weighted by Gasteiger charge is -2.01. The van der Waals surface area contributed by atoms with Gasteiger partial charge in [-0.2, -0.15) is 0 Å². The molecule has 1 rings (SSSR count). The number of alkyl halides is 1. The summed E-state index contributed by atoms with van der Waals surface area (Å²) in [4.78, 5) is 3.81. The standard InChI is InChI=1S/C7H9FN2O/c8-2-4-11-7-5-6(9)1-3-10-7/h1,3,5H,2,4H2,(H2,9,10). The van der Waals surface area contributed by atoms with Crippen LogP contribution in [0.5, 0.6) is 5.88 Å². The Bertz CT molecular complexity index is 229. The van der Waals surface area contributed by atoms with E-state index in [4.69, 9.17) is 10.5 Å². The summed E-state index contributed by atoms with van der Waals surface area (Å²) < 4.78 is 16.5. The largest absolute Gasteiger partial charge is 0.475 e. The molecule has 0 aromatic carbocycles. The summed E-state index contributed by atoms with van der Waals surface area (Å²) in [5.41, 5.74) is 5.98. The van der Waals surface area contributed by atoms with E-state index in [1.165, 1.54) is 6.20 Å². The van der Waals surface area contributed by atoms with Crippen molar-refractivity contribution in [2.75, 3.05) is 19.0 Å². The minimum absolute atomic E-state index is 0.0243. The quantitative estimate of drug-likeness (QED) is 0.710. The molecule has 1 heterocycles. The van der Waals surface area contributed by atoms with Gasteiger partial charge in [0.2, 0.25) is 5.88 Å². The highest BCUT2D eigenvalue weighted by molar-refractivity contribution is 5.39. The van der Waals surface area contributed by atoms with Gasteiger partial charge in [-0.3, -0.25) is 0 Å². The van der Waals surface area contributed by atoms with Gasteiger partial charge in [0.1, 0.15) is 13.3 Å². The number of nitrogens with zero attached hydrogens (tertiary/aromatic N) is 1. The minimum Gasteiger partial charge on any atom is -0.475 e. The van der Waals surface area contributed by atoms with Gasteiger partial charge in [-0.25, -0.2) is 9.37 Å². The van der Waals surface area contributed by atoms with E-state index >= 15 is 0 Å². The first-order chi connectivity index (χ1) is 5.33. The molecule has 3 nitrogen and oxygen atoms in total. The average Bonchev–Trinajstić information content (AvgIpc) is 2.01. The van der Waals surface area contributed by atoms with Crippen molar-refractivity contribution in [1.29, 1.82) is 0 Å². The lowest BCUT2D eigenvalue weighted by molar-refractivity contribution is 0.264. The van der Waals surface area contributed by atoms with E-state index in [1.54, 1.807) is 12.1 Å². The Hall–Kier alpha value is -1.32. The Morgan fingerprint density at radius 3 is 3.09 bits per heavy atom. The van der Waals surface area contributed by atoms with Crippen LogP contribution in [-0.2, 0) is 0 Å². The van der Waals surface area contributed by atoms with Crippen molar-refractivity contribution in [3.8, 4) is 5.88 Å². The Labute approximate surface area is 64.0 Å². The molecule has 60 valence electrons. The molecule has 0 spiro atoms. The van der Waals surface area contributed by atoms with Crippen LogP contribution < -0.4 is 10.5 Å². The zero-order valence-electron chi connectivity index (χ0n) is 5.96. The molecule has 0 unspecified atom stereocenters. The molecule has 0 atom stereocenters. The van der Waals surface area contributed by atoms with Crippen LogP contribution in [0.25, 0.3) is 0 Å². The molecule has 11 heavy (non-hydrogen) atoms. The van der Waals surface area contributed by atoms with Crippen LogP contribution in [0.1, 0.15) is 0 Å². The molecule has 1 aromatic heterocycles. The van der Waals surface area contributed by atoms with E-state index in [-0.39, 0.29) is 6.61 Å². The molecule has 0 fully saturated rings. The number of halogens is 1. The molecular formula is C7H9FN2O. The molecule has 4 heteroatoms. The molecule has 0 aliphatic carbocycles. The van der Waals surface area contributed by atoms with E-state index in [9.17, 15) is 4.39 Å². The third kappa shape index (κ3) is 2.41. The van der Waals surface area contributed by atoms with Crippen LogP contribution in [0.4, 0.5) is 10.1 Å². The van der Waals surface area contributed by atoms with E-state index in [0.29, 0.717) is 11.6 Å². The fraction of sp³-hybridized carbons (Fsp3) is 0.286. The van der Waals surface area contributed by atoms with E-state index in [1.807, 2.05) is 0 Å². The normalized spacial score (nSPS) is 9.55. The first-order valence-corrected chi connectivity index (χ1v) is 3.23. The van der Waals surface area contributed by atoms with Crippen molar-refractivity contribution >= 4 is 5.69 Å². The molecule has 0 amide bonds. The molecule has 0 bridgehead atoms. The van der Waals surface area contributed by atoms with Crippen LogP contribution in [0, 0.1) is 0 Å². The highest BCUT2D eigenvalue weighted by atomic mass is 19.1. The number of nitrogen functional groups attached to an aromatic ring is 1. The van der Waals surface area contributed by atoms with E-state index in [2.05, 4.69) is 4.98 Å². The molecule has 0 saturated heterocycles. The van der Waals surface area contributed by atoms with Crippen LogP contribution in [-0.4, -0.2) is 18.3 Å². The highest BCUT2D eigenvalue weighted by Gasteiger charge is 1.93. The van der Waals surface area contributed by atoms with Crippen molar-refractivity contribution in [2.45, 2.75) is 0 Å². The summed E-state index contributed by atoms with van der Waals surface area (Å²) in [5, 5.41) is 0. The third-order valence-corrected chi connectivity index (χ3v) is 1.09. The topological polar surface area (TPSA) is 48.1 Å². The fourth-order valence-electron chi connectivity index (χ4n) is 0.647. The maximum atomic E-state index is 11.6. The number of hydrogen-bond acceptors (Lipinski definition) is 3. The van der Waals surface area contributed by atoms with E-state index < -0.39 is 6.67 Å². The zero-order valence-corrected chi connectivity index (χ0v) is 5.96. The molecule has 0 aliphatic heterocycles. The maximum absolute atomic E-state index is 11.6. The Balaban J connectivity index is 2.56. The summed E-state index contributed by atoms with van der Waals surface area (Å²) in [5.74, 6) is 0.364. The van der Waals surface area contributed by atoms with Crippen LogP contribution in [0.15, 0.2) is 18.3 Å². The fourth-order valence-corrected chi connectivity index (χ4v) is 0.647. The summed E-state index contributed by atoms with van der Waals surface area (Å²) in [6.45, 7) is -0.493. The van der Waals surface area contributed by atoms with Gasteiger partial charge < -0.3 is 10.5 Å². The Morgan fingerprint density at radius 2 is 2.45 bits per heavy atom. The van der Waals surface area contributed by atoms with Gasteiger partial charge in [0.25, 0.3) is 0 Å². The highest BCUT2D eigenvalue weighted by Crippen LogP contribution is 2.09. The van der Waals surface area contributed by atoms with Crippen molar-refractivity contribution in [3.63, 3.8) is 0 Å². The second-order valence-corrected chi connectivity index (χ2v) is 1.96. The number of pyridine rings is 1. The number of aromatic nitrogens is 1. The number of anilines is 1. The molecule has 0 radical (unpaired) electrons. The Kier molecular flexibility index (Phi) is 2.66. The second kappa shape index (κ2) is 3.75. The summed E-state index contributed by atoms with van der Waals surface area (Å²) in [7, 11) is 0. The lowest BCUT2D eigenvalue weighted by Crippen LogP contribution is -2.00. The first kappa shape index (κ1) is 7.78. The molecule has 0 aliphatic rings. The number of rotatable bonds is 3. The number of nitrogens with two attached hydrogens (primary N) is 1. The second-order valence-electron chi connectivity index (χ2n) is 1.96. The van der Waals surface area contributed by atoms with Crippen LogP contribution >= 0.6 is 0 Å². The van der Waals surface area contributed by atoms with Crippen molar-refractivity contribution in [3.05, 3.63) is 18.3 Å². The predicted octanol–water partition coefficient (Wildman–Crippen LogP) is 1.01. The molecule has 1 aromatic rings. The van der Waals surface area contributed by atoms with Crippen molar-refractivity contribution < 1.29 is 9.13 Å². The predicted molar refractivity (Wildman–Crippen MR) is 40.1 cm³/mol. The monoisotopic (exact) mass is 156 g/mol. The van der Waals surface area contributed by atoms with Gasteiger partial charge in [0.15, 0.2) is 0 Å². The smallest absolute Gasteiger partial charge is 0.215 e. The number of ether oxygens (including phenoxy) is 1. The van der Waals surface area contributed by atoms with Crippen LogP contribution in [0.2, 0.25) is 0 Å². The SMILES string of the molecule is Nc1ccnc(OCCF)c1. The van der Waals surface area contributed by atoms with Crippen molar-refractivity contribution in [1.82, 2.24) is 4.98 Å². The summed E-state index contributed by atoms with van der Waals surface area (Å²) in [6.07, 6.45) is 1.52. The first-order valence-electron chi connectivity index (χ1n) is 3.23. The van der Waals surface area contributed by atoms with Gasteiger partial charge in [-0.15, -0.1) is 0 Å². The maximum Gasteiger partial charge on any atom is 0.215 e. The molecule has 0 saturated carbocycles. The van der Waals surface area contributed by atoms with Crippen molar-refractivity contribution in [2.24, 2.45) is 0 Å². The van der Waals surface area contributed by atoms with Gasteiger partial charge in [-0.05, 0) is 6.07 Å². The lowest BCUT2D eigenvalue weighted by atomic mass is 10.4. The van der Waals surface area contributed by atoms with E-state index in [0.717, 1.165) is 0 Å². The molecular weight excluding hydrogens is 147 g/mol. The van der Waals surface area contributed by atoms with Gasteiger partial charge >= 0.3 is 0 Å². The third-order valence-electron chi connectivity index (χ3n) is 1.09. The minimum atomic E-state index is -0.517. The van der Waals surface area contributed by atoms with Gasteiger partial charge in [-0.1, -0.05) is 0 Å². The van der Waals surface area contributed by atoms with Crippen LogP contribution in [0.3, 0.4) is 0 Å².